The van der Waals surface area contributed by atoms with Gasteiger partial charge in [-0.05, 0) is 41.0 Å². The monoisotopic (exact) mass is 576 g/mol. The van der Waals surface area contributed by atoms with Crippen molar-refractivity contribution in [3.63, 3.8) is 0 Å². The van der Waals surface area contributed by atoms with Crippen LogP contribution in [0.1, 0.15) is 28.7 Å². The lowest BCUT2D eigenvalue weighted by atomic mass is 9.66. The van der Waals surface area contributed by atoms with Crippen molar-refractivity contribution >= 4 is 5.97 Å². The number of hydrogen-bond acceptors (Lipinski definition) is 13. The molecular formula is C28H32O13. The normalized spacial score (nSPS) is 35.4. The van der Waals surface area contributed by atoms with Gasteiger partial charge in [0.15, 0.2) is 29.1 Å². The highest BCUT2D eigenvalue weighted by atomic mass is 16.7. The molecule has 0 radical (unpaired) electrons. The minimum atomic E-state index is -1.60. The molecule has 0 aromatic heterocycles. The maximum absolute atomic E-state index is 13.0. The first kappa shape index (κ1) is 27.8. The number of carbonyl (C=O) groups is 1. The van der Waals surface area contributed by atoms with E-state index < -0.39 is 73.2 Å². The van der Waals surface area contributed by atoms with Crippen LogP contribution in [0.5, 0.6) is 28.7 Å². The molecule has 1 unspecified atom stereocenters. The van der Waals surface area contributed by atoms with Gasteiger partial charge in [0.05, 0.1) is 46.6 Å². The molecule has 4 aliphatic rings. The zero-order valence-corrected chi connectivity index (χ0v) is 22.5. The fourth-order valence-corrected chi connectivity index (χ4v) is 6.38. The first-order valence-electron chi connectivity index (χ1n) is 13.2. The maximum atomic E-state index is 13.0. The minimum absolute atomic E-state index is 0.0347. The second kappa shape index (κ2) is 10.5. The van der Waals surface area contributed by atoms with Gasteiger partial charge in [-0.2, -0.15) is 0 Å². The lowest BCUT2D eigenvalue weighted by molar-refractivity contribution is -0.262. The van der Waals surface area contributed by atoms with Gasteiger partial charge in [-0.25, -0.2) is 0 Å². The lowest BCUT2D eigenvalue weighted by Crippen LogP contribution is -2.62. The summed E-state index contributed by atoms with van der Waals surface area (Å²) in [7, 11) is 4.47. The third kappa shape index (κ3) is 4.26. The van der Waals surface area contributed by atoms with E-state index in [9.17, 15) is 30.3 Å². The number of aliphatic hydroxyl groups excluding tert-OH is 5. The Kier molecular flexibility index (Phi) is 7.12. The molecular weight excluding hydrogens is 544 g/mol. The Morgan fingerprint density at radius 3 is 2.07 bits per heavy atom. The quantitative estimate of drug-likeness (QED) is 0.281. The second-order valence-corrected chi connectivity index (χ2v) is 10.5. The van der Waals surface area contributed by atoms with E-state index in [1.165, 1.54) is 21.3 Å². The third-order valence-corrected chi connectivity index (χ3v) is 8.45. The number of aliphatic hydroxyl groups is 5. The average Bonchev–Trinajstić information content (AvgIpc) is 3.58. The molecule has 41 heavy (non-hydrogen) atoms. The molecule has 2 fully saturated rings. The summed E-state index contributed by atoms with van der Waals surface area (Å²) in [5.41, 5.74) is 1.75. The van der Waals surface area contributed by atoms with Gasteiger partial charge in [0.2, 0.25) is 5.75 Å². The topological polar surface area (TPSA) is 183 Å². The Balaban J connectivity index is 1.42. The number of cyclic esters (lactones) is 1. The number of benzene rings is 2. The molecule has 13 heteroatoms. The summed E-state index contributed by atoms with van der Waals surface area (Å²) in [6.07, 6.45) is -9.39. The number of fused-ring (bicyclic) bond motifs is 3. The largest absolute Gasteiger partial charge is 0.493 e. The van der Waals surface area contributed by atoms with Crippen LogP contribution in [0.4, 0.5) is 0 Å². The first-order chi connectivity index (χ1) is 19.7. The summed E-state index contributed by atoms with van der Waals surface area (Å²) >= 11 is 0. The van der Waals surface area contributed by atoms with Crippen LogP contribution in [-0.4, -0.2) is 103 Å². The van der Waals surface area contributed by atoms with E-state index in [1.54, 1.807) is 24.3 Å². The van der Waals surface area contributed by atoms with E-state index in [4.69, 9.17) is 33.2 Å². The van der Waals surface area contributed by atoms with Gasteiger partial charge in [0.1, 0.15) is 24.4 Å². The Hall–Kier alpha value is -3.33. The van der Waals surface area contributed by atoms with Crippen LogP contribution >= 0.6 is 0 Å². The molecule has 2 aromatic carbocycles. The highest BCUT2D eigenvalue weighted by Crippen LogP contribution is 2.56. The van der Waals surface area contributed by atoms with Gasteiger partial charge in [0, 0.05) is 11.8 Å². The lowest BCUT2D eigenvalue weighted by Gasteiger charge is -2.41. The number of carbonyl (C=O) groups excluding carboxylic acids is 1. The predicted octanol–water partition coefficient (Wildman–Crippen LogP) is -0.380. The van der Waals surface area contributed by atoms with Crippen LogP contribution in [0.15, 0.2) is 24.3 Å². The summed E-state index contributed by atoms with van der Waals surface area (Å²) in [4.78, 5) is 13.0. The highest BCUT2D eigenvalue weighted by molar-refractivity contribution is 5.79. The van der Waals surface area contributed by atoms with Crippen molar-refractivity contribution in [2.45, 2.75) is 48.8 Å². The molecule has 0 spiro atoms. The molecule has 3 aliphatic heterocycles. The fraction of sp³-hybridized carbons (Fsp3) is 0.536. The smallest absolute Gasteiger partial charge is 0.310 e. The van der Waals surface area contributed by atoms with Crippen LogP contribution in [0.2, 0.25) is 0 Å². The van der Waals surface area contributed by atoms with Gasteiger partial charge < -0.3 is 58.7 Å². The summed E-state index contributed by atoms with van der Waals surface area (Å²) in [5, 5.41) is 51.9. The third-order valence-electron chi connectivity index (χ3n) is 8.45. The van der Waals surface area contributed by atoms with Crippen molar-refractivity contribution in [2.75, 3.05) is 34.5 Å². The van der Waals surface area contributed by atoms with Gasteiger partial charge >= 0.3 is 5.97 Å². The van der Waals surface area contributed by atoms with E-state index in [2.05, 4.69) is 0 Å². The van der Waals surface area contributed by atoms with Crippen LogP contribution in [0.3, 0.4) is 0 Å². The minimum Gasteiger partial charge on any atom is -0.493 e. The summed E-state index contributed by atoms with van der Waals surface area (Å²) < 4.78 is 39.5. The molecule has 13 nitrogen and oxygen atoms in total. The average molecular weight is 577 g/mol. The molecule has 10 atom stereocenters. The Labute approximate surface area is 234 Å². The van der Waals surface area contributed by atoms with Gasteiger partial charge in [0.25, 0.3) is 6.29 Å². The van der Waals surface area contributed by atoms with Gasteiger partial charge in [-0.3, -0.25) is 4.79 Å². The van der Waals surface area contributed by atoms with E-state index in [1.807, 2.05) is 0 Å². The Bertz CT molecular complexity index is 1300. The van der Waals surface area contributed by atoms with Gasteiger partial charge in [-0.15, -0.1) is 0 Å². The van der Waals surface area contributed by atoms with E-state index in [-0.39, 0.29) is 18.1 Å². The molecule has 222 valence electrons. The van der Waals surface area contributed by atoms with Crippen molar-refractivity contribution < 1.29 is 63.5 Å². The first-order valence-corrected chi connectivity index (χ1v) is 13.2. The zero-order chi connectivity index (χ0) is 29.2. The van der Waals surface area contributed by atoms with E-state index in [0.29, 0.717) is 33.9 Å². The van der Waals surface area contributed by atoms with E-state index >= 15 is 0 Å². The van der Waals surface area contributed by atoms with Crippen LogP contribution in [-0.2, 0) is 14.3 Å². The van der Waals surface area contributed by atoms with Crippen LogP contribution in [0.25, 0.3) is 0 Å². The molecule has 0 bridgehead atoms. The van der Waals surface area contributed by atoms with Gasteiger partial charge in [-0.1, -0.05) is 0 Å². The molecule has 3 heterocycles. The molecule has 2 saturated heterocycles. The summed E-state index contributed by atoms with van der Waals surface area (Å²) in [6, 6.07) is 6.77. The fourth-order valence-electron chi connectivity index (χ4n) is 6.38. The van der Waals surface area contributed by atoms with Crippen molar-refractivity contribution in [2.24, 2.45) is 11.8 Å². The SMILES string of the molecule is COc1cc([C@@H]2c3cc4c(cc3[C@@H](O)[C@H]3COC(=O)[C@H]23)OC([C@@H]2O[C@H](CO)[C@@H](O)[C@H](O)[C@H]2O)O4)cc(OC)c1OC. The van der Waals surface area contributed by atoms with Crippen molar-refractivity contribution in [3.05, 3.63) is 41.0 Å². The van der Waals surface area contributed by atoms with Crippen molar-refractivity contribution in [1.29, 1.82) is 0 Å². The maximum Gasteiger partial charge on any atom is 0.310 e. The molecule has 0 amide bonds. The predicted molar refractivity (Wildman–Crippen MR) is 136 cm³/mol. The number of methoxy groups -OCH3 is 3. The Morgan fingerprint density at radius 1 is 0.854 bits per heavy atom. The molecule has 1 aliphatic carbocycles. The number of esters is 1. The van der Waals surface area contributed by atoms with Crippen LogP contribution in [0, 0.1) is 11.8 Å². The molecule has 5 N–H and O–H groups in total. The number of rotatable bonds is 6. The molecule has 2 aromatic rings. The molecule has 6 rings (SSSR count). The van der Waals surface area contributed by atoms with Crippen molar-refractivity contribution in [3.8, 4) is 28.7 Å². The number of ether oxygens (including phenoxy) is 7. The molecule has 0 saturated carbocycles. The number of hydrogen-bond donors (Lipinski definition) is 5. The van der Waals surface area contributed by atoms with Crippen LogP contribution < -0.4 is 23.7 Å². The summed E-state index contributed by atoms with van der Waals surface area (Å²) in [5.74, 6) is -0.646. The summed E-state index contributed by atoms with van der Waals surface area (Å²) in [6.45, 7) is -0.566. The Morgan fingerprint density at radius 2 is 1.49 bits per heavy atom. The highest BCUT2D eigenvalue weighted by Gasteiger charge is 2.54. The van der Waals surface area contributed by atoms with Crippen molar-refractivity contribution in [1.82, 2.24) is 0 Å². The standard InChI is InChI=1S/C28H32O13/c1-35-16-4-10(5-17(36-2)25(16)37-3)19-11-6-14-15(7-12(11)21(30)13-9-38-27(34)20(13)19)41-28(40-14)26-24(33)23(32)22(31)18(8-29)39-26/h4-7,13,18-24,26,28-33H,8-9H2,1-3H3/t13-,18+,19+,20-,21+,22+,23-,24+,26+,28?/m0/s1. The zero-order valence-electron chi connectivity index (χ0n) is 22.5. The van der Waals surface area contributed by atoms with E-state index in [0.717, 1.165) is 0 Å². The second-order valence-electron chi connectivity index (χ2n) is 10.5.